The minimum atomic E-state index is 0.237. The van der Waals surface area contributed by atoms with Gasteiger partial charge in [-0.2, -0.15) is 0 Å². The lowest BCUT2D eigenvalue weighted by molar-refractivity contribution is 0.519. The van der Waals surface area contributed by atoms with Crippen LogP contribution < -0.4 is 0 Å². The number of aromatic nitrogens is 2. The van der Waals surface area contributed by atoms with Crippen LogP contribution >= 0.6 is 11.6 Å². The largest absolute Gasteiger partial charge is 0.335 e. The predicted octanol–water partition coefficient (Wildman–Crippen LogP) is 7.92. The Balaban J connectivity index is 1.87. The Labute approximate surface area is 168 Å². The minimum Gasteiger partial charge on any atom is -0.335 e. The van der Waals surface area contributed by atoms with E-state index in [0.29, 0.717) is 0 Å². The fourth-order valence-corrected chi connectivity index (χ4v) is 3.69. The van der Waals surface area contributed by atoms with Crippen LogP contribution in [0.3, 0.4) is 0 Å². The van der Waals surface area contributed by atoms with Gasteiger partial charge in [-0.15, -0.1) is 11.6 Å². The van der Waals surface area contributed by atoms with Crippen molar-refractivity contribution >= 4 is 11.6 Å². The van der Waals surface area contributed by atoms with Crippen molar-refractivity contribution in [2.45, 2.75) is 129 Å². The molecule has 0 aliphatic carbocycles. The third kappa shape index (κ3) is 12.8. The van der Waals surface area contributed by atoms with Gasteiger partial charge in [0.25, 0.3) is 0 Å². The topological polar surface area (TPSA) is 17.8 Å². The Morgan fingerprint density at radius 1 is 0.846 bits per heavy atom. The van der Waals surface area contributed by atoms with Crippen LogP contribution in [-0.4, -0.2) is 14.9 Å². The van der Waals surface area contributed by atoms with Crippen LogP contribution in [0.15, 0.2) is 12.4 Å². The molecule has 0 radical (unpaired) electrons. The molecule has 1 rings (SSSR count). The van der Waals surface area contributed by atoms with Gasteiger partial charge in [0.05, 0.1) is 0 Å². The molecule has 1 unspecified atom stereocenters. The maximum Gasteiger partial charge on any atom is 0.108 e. The van der Waals surface area contributed by atoms with Crippen molar-refractivity contribution in [3.05, 3.63) is 18.2 Å². The average Bonchev–Trinajstić information content (AvgIpc) is 3.07. The van der Waals surface area contributed by atoms with E-state index in [-0.39, 0.29) is 5.38 Å². The fourth-order valence-electron chi connectivity index (χ4n) is 3.58. The van der Waals surface area contributed by atoms with Crippen LogP contribution in [0.2, 0.25) is 0 Å². The normalized spacial score (nSPS) is 12.6. The van der Waals surface area contributed by atoms with E-state index in [1.54, 1.807) is 0 Å². The van der Waals surface area contributed by atoms with Gasteiger partial charge in [-0.05, 0) is 19.8 Å². The zero-order valence-electron chi connectivity index (χ0n) is 17.5. The molecule has 0 aliphatic rings. The Hall–Kier alpha value is -0.500. The number of aryl methyl sites for hydroxylation is 2. The van der Waals surface area contributed by atoms with Crippen LogP contribution in [0, 0.1) is 0 Å². The van der Waals surface area contributed by atoms with Crippen LogP contribution in [0.4, 0.5) is 0 Å². The Morgan fingerprint density at radius 3 is 1.85 bits per heavy atom. The van der Waals surface area contributed by atoms with Gasteiger partial charge in [0, 0.05) is 30.7 Å². The van der Waals surface area contributed by atoms with Crippen molar-refractivity contribution in [1.29, 1.82) is 0 Å². The van der Waals surface area contributed by atoms with Crippen molar-refractivity contribution in [2.24, 2.45) is 0 Å². The zero-order chi connectivity index (χ0) is 18.9. The van der Waals surface area contributed by atoms with Crippen molar-refractivity contribution in [3.63, 3.8) is 0 Å². The van der Waals surface area contributed by atoms with Crippen LogP contribution in [0.5, 0.6) is 0 Å². The van der Waals surface area contributed by atoms with E-state index < -0.39 is 0 Å². The van der Waals surface area contributed by atoms with Gasteiger partial charge in [0.2, 0.25) is 0 Å². The first-order valence-electron chi connectivity index (χ1n) is 11.4. The summed E-state index contributed by atoms with van der Waals surface area (Å²) in [6.45, 7) is 5.46. The standard InChI is InChI=1S/C23H43ClN2/c1-3-4-5-6-7-8-9-10-11-12-13-14-15-16-20-26-21-19-25-23(26)18-17-22(2)24/h19,21-22H,3-18,20H2,1-2H3. The molecule has 0 spiro atoms. The number of halogens is 1. The second kappa shape index (κ2) is 16.7. The van der Waals surface area contributed by atoms with Crippen molar-refractivity contribution in [1.82, 2.24) is 9.55 Å². The molecule has 0 saturated heterocycles. The number of rotatable bonds is 18. The molecule has 152 valence electrons. The molecule has 3 heteroatoms. The molecule has 26 heavy (non-hydrogen) atoms. The van der Waals surface area contributed by atoms with Crippen LogP contribution in [-0.2, 0) is 13.0 Å². The highest BCUT2D eigenvalue weighted by Gasteiger charge is 2.04. The predicted molar refractivity (Wildman–Crippen MR) is 116 cm³/mol. The highest BCUT2D eigenvalue weighted by atomic mass is 35.5. The van der Waals surface area contributed by atoms with Gasteiger partial charge < -0.3 is 4.57 Å². The molecule has 2 nitrogen and oxygen atoms in total. The lowest BCUT2D eigenvalue weighted by atomic mass is 10.0. The quantitative estimate of drug-likeness (QED) is 0.186. The van der Waals surface area contributed by atoms with Gasteiger partial charge in [-0.25, -0.2) is 4.98 Å². The third-order valence-corrected chi connectivity index (χ3v) is 5.54. The van der Waals surface area contributed by atoms with E-state index >= 15 is 0 Å². The zero-order valence-corrected chi connectivity index (χ0v) is 18.3. The van der Waals surface area contributed by atoms with Crippen molar-refractivity contribution in [3.8, 4) is 0 Å². The van der Waals surface area contributed by atoms with E-state index in [2.05, 4.69) is 29.6 Å². The minimum absolute atomic E-state index is 0.237. The van der Waals surface area contributed by atoms with E-state index in [0.717, 1.165) is 19.4 Å². The molecule has 0 saturated carbocycles. The Kier molecular flexibility index (Phi) is 15.1. The molecule has 1 heterocycles. The highest BCUT2D eigenvalue weighted by molar-refractivity contribution is 6.20. The molecule has 0 fully saturated rings. The average molecular weight is 383 g/mol. The molecule has 1 aromatic heterocycles. The monoisotopic (exact) mass is 382 g/mol. The fraction of sp³-hybridized carbons (Fsp3) is 0.870. The van der Waals surface area contributed by atoms with E-state index in [1.165, 1.54) is 95.7 Å². The summed E-state index contributed by atoms with van der Waals surface area (Å²) in [5.41, 5.74) is 0. The SMILES string of the molecule is CCCCCCCCCCCCCCCCn1ccnc1CCC(C)Cl. The van der Waals surface area contributed by atoms with Gasteiger partial charge in [-0.3, -0.25) is 0 Å². The smallest absolute Gasteiger partial charge is 0.108 e. The molecular weight excluding hydrogens is 340 g/mol. The lowest BCUT2D eigenvalue weighted by Gasteiger charge is -2.08. The van der Waals surface area contributed by atoms with Gasteiger partial charge in [0.1, 0.15) is 5.82 Å². The molecule has 0 N–H and O–H groups in total. The number of alkyl halides is 1. The Bertz CT molecular complexity index is 414. The molecule has 0 aliphatic heterocycles. The lowest BCUT2D eigenvalue weighted by Crippen LogP contribution is -2.05. The summed E-state index contributed by atoms with van der Waals surface area (Å²) in [6, 6.07) is 0. The molecule has 0 amide bonds. The van der Waals surface area contributed by atoms with E-state index in [9.17, 15) is 0 Å². The van der Waals surface area contributed by atoms with Crippen molar-refractivity contribution in [2.75, 3.05) is 0 Å². The summed E-state index contributed by atoms with van der Waals surface area (Å²) in [6.07, 6.45) is 25.9. The Morgan fingerprint density at radius 2 is 1.35 bits per heavy atom. The third-order valence-electron chi connectivity index (χ3n) is 5.32. The first-order chi connectivity index (χ1) is 12.7. The van der Waals surface area contributed by atoms with Gasteiger partial charge >= 0.3 is 0 Å². The number of nitrogens with zero attached hydrogens (tertiary/aromatic N) is 2. The van der Waals surface area contributed by atoms with Crippen molar-refractivity contribution < 1.29 is 0 Å². The highest BCUT2D eigenvalue weighted by Crippen LogP contribution is 2.14. The summed E-state index contributed by atoms with van der Waals surface area (Å²) in [5, 5.41) is 0.237. The number of hydrogen-bond donors (Lipinski definition) is 0. The number of hydrogen-bond acceptors (Lipinski definition) is 1. The maximum atomic E-state index is 6.05. The summed E-state index contributed by atoms with van der Waals surface area (Å²) in [4.78, 5) is 4.48. The van der Waals surface area contributed by atoms with Crippen LogP contribution in [0.1, 0.15) is 116 Å². The number of imidazole rings is 1. The van der Waals surface area contributed by atoms with Crippen LogP contribution in [0.25, 0.3) is 0 Å². The van der Waals surface area contributed by atoms with E-state index in [4.69, 9.17) is 11.6 Å². The summed E-state index contributed by atoms with van der Waals surface area (Å²) >= 11 is 6.05. The maximum absolute atomic E-state index is 6.05. The molecule has 1 aromatic rings. The molecular formula is C23H43ClN2. The summed E-state index contributed by atoms with van der Waals surface area (Å²) < 4.78 is 2.32. The number of unbranched alkanes of at least 4 members (excludes halogenated alkanes) is 13. The molecule has 0 bridgehead atoms. The summed E-state index contributed by atoms with van der Waals surface area (Å²) in [7, 11) is 0. The van der Waals surface area contributed by atoms with Gasteiger partial charge in [-0.1, -0.05) is 90.4 Å². The second-order valence-electron chi connectivity index (χ2n) is 7.95. The first-order valence-corrected chi connectivity index (χ1v) is 11.8. The van der Waals surface area contributed by atoms with E-state index in [1.807, 2.05) is 6.20 Å². The first kappa shape index (κ1) is 23.5. The second-order valence-corrected chi connectivity index (χ2v) is 8.70. The summed E-state index contributed by atoms with van der Waals surface area (Å²) in [5.74, 6) is 1.20. The molecule has 1 atom stereocenters. The van der Waals surface area contributed by atoms with Gasteiger partial charge in [0.15, 0.2) is 0 Å². The molecule has 0 aromatic carbocycles.